The first-order chi connectivity index (χ1) is 9.78. The molecule has 0 aliphatic carbocycles. The van der Waals surface area contributed by atoms with Crippen LogP contribution in [-0.2, 0) is 4.79 Å². The maximum Gasteiger partial charge on any atom is 0.317 e. The first kappa shape index (κ1) is 17.2. The lowest BCUT2D eigenvalue weighted by molar-refractivity contribution is -0.137. The Bertz CT molecular complexity index is 562. The van der Waals surface area contributed by atoms with Gasteiger partial charge in [-0.05, 0) is 12.6 Å². The molecule has 0 unspecified atom stereocenters. The molecule has 0 radical (unpaired) electrons. The minimum atomic E-state index is -1.44. The van der Waals surface area contributed by atoms with Crippen molar-refractivity contribution in [1.82, 2.24) is 4.90 Å². The number of nitrogens with zero attached hydrogens (tertiary/aromatic N) is 1. The predicted octanol–water partition coefficient (Wildman–Crippen LogP) is 2.97. The van der Waals surface area contributed by atoms with Gasteiger partial charge in [0.05, 0.1) is 6.54 Å². The Hall–Kier alpha value is -1.83. The lowest BCUT2D eigenvalue weighted by Gasteiger charge is -2.12. The van der Waals surface area contributed by atoms with E-state index >= 15 is 0 Å². The molecule has 0 heterocycles. The third kappa shape index (κ3) is 7.50. The van der Waals surface area contributed by atoms with Crippen LogP contribution in [-0.4, -0.2) is 44.2 Å². The highest BCUT2D eigenvalue weighted by Gasteiger charge is 2.08. The van der Waals surface area contributed by atoms with Crippen LogP contribution >= 0.6 is 0 Å². The van der Waals surface area contributed by atoms with Crippen molar-refractivity contribution in [3.8, 4) is 11.5 Å². The molecule has 1 rings (SSSR count). The summed E-state index contributed by atoms with van der Waals surface area (Å²) in [4.78, 5) is 12.4. The van der Waals surface area contributed by atoms with E-state index in [0.717, 1.165) is 11.1 Å². The molecule has 1 aromatic carbocycles. The summed E-state index contributed by atoms with van der Waals surface area (Å²) >= 11 is 0. The number of allylic oxidation sites excluding steroid dienone is 1. The topological polar surface area (TPSA) is 40.5 Å². The van der Waals surface area contributed by atoms with E-state index in [1.54, 1.807) is 11.9 Å². The van der Waals surface area contributed by atoms with E-state index in [2.05, 4.69) is 31.1 Å². The lowest BCUT2D eigenvalue weighted by atomic mass is 10.1. The molecule has 4 heteroatoms. The van der Waals surface area contributed by atoms with Crippen LogP contribution in [0.4, 0.5) is 0 Å². The number of hydrogen-bond acceptors (Lipinski definition) is 2. The molecule has 1 aromatic rings. The summed E-state index contributed by atoms with van der Waals surface area (Å²) in [6.45, 7) is 7.22. The van der Waals surface area contributed by atoms with Crippen LogP contribution in [0, 0.1) is 11.5 Å². The van der Waals surface area contributed by atoms with Gasteiger partial charge in [0.1, 0.15) is 8.07 Å². The number of rotatable bonds is 5. The van der Waals surface area contributed by atoms with Crippen molar-refractivity contribution in [2.24, 2.45) is 0 Å². The summed E-state index contributed by atoms with van der Waals surface area (Å²) in [5, 5.41) is 8.79. The molecule has 0 saturated carbocycles. The molecule has 0 saturated heterocycles. The lowest BCUT2D eigenvalue weighted by Crippen LogP contribution is -2.25. The Kier molecular flexibility index (Phi) is 6.41. The molecule has 21 heavy (non-hydrogen) atoms. The van der Waals surface area contributed by atoms with Crippen molar-refractivity contribution in [3.63, 3.8) is 0 Å². The minimum Gasteiger partial charge on any atom is -0.480 e. The highest BCUT2D eigenvalue weighted by atomic mass is 28.3. The average Bonchev–Trinajstić information content (AvgIpc) is 2.37. The van der Waals surface area contributed by atoms with Crippen LogP contribution in [0.2, 0.25) is 19.6 Å². The van der Waals surface area contributed by atoms with Crippen molar-refractivity contribution in [2.75, 3.05) is 20.1 Å². The fourth-order valence-electron chi connectivity index (χ4n) is 1.66. The maximum atomic E-state index is 10.7. The van der Waals surface area contributed by atoms with Gasteiger partial charge in [0, 0.05) is 12.1 Å². The van der Waals surface area contributed by atoms with Gasteiger partial charge >= 0.3 is 5.97 Å². The minimum absolute atomic E-state index is 0.0278. The van der Waals surface area contributed by atoms with Crippen LogP contribution in [0.3, 0.4) is 0 Å². The zero-order chi connectivity index (χ0) is 15.9. The van der Waals surface area contributed by atoms with Crippen molar-refractivity contribution in [2.45, 2.75) is 19.6 Å². The molecular formula is C17H23NO2Si. The number of carbonyl (C=O) groups is 1. The first-order valence-corrected chi connectivity index (χ1v) is 10.5. The summed E-state index contributed by atoms with van der Waals surface area (Å²) in [6, 6.07) is 10.0. The summed E-state index contributed by atoms with van der Waals surface area (Å²) < 4.78 is 0. The number of aliphatic carboxylic acids is 1. The monoisotopic (exact) mass is 301 g/mol. The van der Waals surface area contributed by atoms with E-state index in [1.165, 1.54) is 0 Å². The van der Waals surface area contributed by atoms with Crippen LogP contribution in [0.1, 0.15) is 5.56 Å². The van der Waals surface area contributed by atoms with Crippen molar-refractivity contribution in [1.29, 1.82) is 0 Å². The molecular weight excluding hydrogens is 278 g/mol. The summed E-state index contributed by atoms with van der Waals surface area (Å²) in [5.74, 6) is 2.46. The molecule has 112 valence electrons. The first-order valence-electron chi connectivity index (χ1n) is 6.97. The van der Waals surface area contributed by atoms with Crippen LogP contribution < -0.4 is 0 Å². The van der Waals surface area contributed by atoms with Gasteiger partial charge in [-0.15, -0.1) is 5.54 Å². The molecule has 1 N–H and O–H groups in total. The summed E-state index contributed by atoms with van der Waals surface area (Å²) in [7, 11) is 0.346. The van der Waals surface area contributed by atoms with Crippen molar-refractivity contribution in [3.05, 3.63) is 42.0 Å². The van der Waals surface area contributed by atoms with E-state index in [9.17, 15) is 4.79 Å². The van der Waals surface area contributed by atoms with Crippen molar-refractivity contribution >= 4 is 19.6 Å². The molecule has 0 aliphatic rings. The predicted molar refractivity (Wildman–Crippen MR) is 90.7 cm³/mol. The van der Waals surface area contributed by atoms with Gasteiger partial charge < -0.3 is 5.11 Å². The second-order valence-electron chi connectivity index (χ2n) is 6.07. The van der Waals surface area contributed by atoms with E-state index in [0.29, 0.717) is 6.54 Å². The zero-order valence-electron chi connectivity index (χ0n) is 13.2. The Balaban J connectivity index is 2.97. The van der Waals surface area contributed by atoms with Gasteiger partial charge in [-0.1, -0.05) is 62.0 Å². The fourth-order valence-corrected chi connectivity index (χ4v) is 2.17. The normalized spacial score (nSPS) is 12.0. The fraction of sp³-hybridized carbons (Fsp3) is 0.353. The van der Waals surface area contributed by atoms with E-state index in [1.807, 2.05) is 36.4 Å². The quantitative estimate of drug-likeness (QED) is 0.671. The van der Waals surface area contributed by atoms with E-state index < -0.39 is 14.0 Å². The smallest absolute Gasteiger partial charge is 0.317 e. The van der Waals surface area contributed by atoms with Gasteiger partial charge in [0.2, 0.25) is 0 Å². The summed E-state index contributed by atoms with van der Waals surface area (Å²) in [6.07, 6.45) is 2.01. The van der Waals surface area contributed by atoms with Crippen LogP contribution in [0.5, 0.6) is 0 Å². The largest absolute Gasteiger partial charge is 0.480 e. The molecule has 0 aromatic heterocycles. The van der Waals surface area contributed by atoms with E-state index in [-0.39, 0.29) is 6.54 Å². The Morgan fingerprint density at radius 3 is 2.43 bits per heavy atom. The van der Waals surface area contributed by atoms with Gasteiger partial charge in [-0.25, -0.2) is 0 Å². The standard InChI is InChI=1S/C17H23NO2Si/c1-18(14-17(19)20)12-10-16(11-13-21(2,3)4)15-8-6-5-7-9-15/h5-10H,12,14H2,1-4H3,(H,19,20)/b16-10-. The molecule has 0 bridgehead atoms. The third-order valence-corrected chi connectivity index (χ3v) is 3.54. The SMILES string of the molecule is CN(C/C=C(/C#C[Si](C)(C)C)c1ccccc1)CC(=O)O. The Morgan fingerprint density at radius 2 is 1.90 bits per heavy atom. The second kappa shape index (κ2) is 7.82. The zero-order valence-corrected chi connectivity index (χ0v) is 14.2. The number of hydrogen-bond donors (Lipinski definition) is 1. The summed E-state index contributed by atoms with van der Waals surface area (Å²) in [5.41, 5.74) is 5.41. The van der Waals surface area contributed by atoms with Crippen LogP contribution in [0.25, 0.3) is 5.57 Å². The Labute approximate surface area is 128 Å². The third-order valence-electron chi connectivity index (χ3n) is 2.67. The number of carboxylic acid groups (broad SMARTS) is 1. The van der Waals surface area contributed by atoms with Gasteiger partial charge in [-0.2, -0.15) is 0 Å². The van der Waals surface area contributed by atoms with Gasteiger partial charge in [0.15, 0.2) is 0 Å². The number of benzene rings is 1. The average molecular weight is 301 g/mol. The van der Waals surface area contributed by atoms with Gasteiger partial charge in [0.25, 0.3) is 0 Å². The molecule has 0 atom stereocenters. The number of likely N-dealkylation sites (N-methyl/N-ethyl adjacent to an activating group) is 1. The molecule has 0 spiro atoms. The highest BCUT2D eigenvalue weighted by molar-refractivity contribution is 6.84. The molecule has 3 nitrogen and oxygen atoms in total. The Morgan fingerprint density at radius 1 is 1.29 bits per heavy atom. The van der Waals surface area contributed by atoms with Crippen molar-refractivity contribution < 1.29 is 9.90 Å². The second-order valence-corrected chi connectivity index (χ2v) is 10.8. The van der Waals surface area contributed by atoms with E-state index in [4.69, 9.17) is 5.11 Å². The van der Waals surface area contributed by atoms with Crippen LogP contribution in [0.15, 0.2) is 36.4 Å². The highest BCUT2D eigenvalue weighted by Crippen LogP contribution is 2.13. The maximum absolute atomic E-state index is 10.7. The molecule has 0 fully saturated rings. The number of carboxylic acids is 1. The van der Waals surface area contributed by atoms with Gasteiger partial charge in [-0.3, -0.25) is 9.69 Å². The molecule has 0 amide bonds. The molecule has 0 aliphatic heterocycles.